The average Bonchev–Trinajstić information content (AvgIpc) is 2.40. The second-order valence-corrected chi connectivity index (χ2v) is 4.70. The molecule has 4 nitrogen and oxygen atoms in total. The molecule has 0 bridgehead atoms. The van der Waals surface area contributed by atoms with E-state index in [4.69, 9.17) is 9.47 Å². The van der Waals surface area contributed by atoms with Crippen molar-refractivity contribution in [3.8, 4) is 0 Å². The van der Waals surface area contributed by atoms with Crippen LogP contribution in [0.15, 0.2) is 0 Å². The quantitative estimate of drug-likeness (QED) is 0.561. The second kappa shape index (κ2) is 10.8. The molecule has 0 saturated heterocycles. The smallest absolute Gasteiger partial charge is 0.435 e. The lowest BCUT2D eigenvalue weighted by atomic mass is 9.88. The second-order valence-electron chi connectivity index (χ2n) is 4.70. The van der Waals surface area contributed by atoms with Crippen molar-refractivity contribution in [3.63, 3.8) is 0 Å². The van der Waals surface area contributed by atoms with Crippen molar-refractivity contribution in [2.75, 3.05) is 6.61 Å². The predicted molar refractivity (Wildman–Crippen MR) is 75.1 cm³/mol. The third-order valence-electron chi connectivity index (χ3n) is 3.16. The lowest BCUT2D eigenvalue weighted by Gasteiger charge is -2.25. The lowest BCUT2D eigenvalue weighted by molar-refractivity contribution is -0.127. The number of hydrogen-bond acceptors (Lipinski definition) is 4. The van der Waals surface area contributed by atoms with Gasteiger partial charge in [0, 0.05) is 6.42 Å². The zero-order chi connectivity index (χ0) is 14.7. The summed E-state index contributed by atoms with van der Waals surface area (Å²) in [5.74, 6) is -0.0155. The third kappa shape index (κ3) is 7.19. The van der Waals surface area contributed by atoms with Crippen LogP contribution in [0.25, 0.3) is 0 Å². The van der Waals surface area contributed by atoms with Gasteiger partial charge in [0.25, 0.3) is 0 Å². The maximum absolute atomic E-state index is 12.0. The molecule has 0 aliphatic carbocycles. The van der Waals surface area contributed by atoms with Crippen LogP contribution in [0.4, 0.5) is 4.79 Å². The van der Waals surface area contributed by atoms with E-state index in [0.717, 1.165) is 32.1 Å². The van der Waals surface area contributed by atoms with Crippen LogP contribution in [0.2, 0.25) is 0 Å². The Morgan fingerprint density at radius 3 is 2.16 bits per heavy atom. The number of rotatable bonds is 10. The molecule has 0 fully saturated rings. The molecule has 0 aromatic heterocycles. The fourth-order valence-corrected chi connectivity index (χ4v) is 2.15. The number of ketones is 1. The first-order valence-electron chi connectivity index (χ1n) is 7.46. The molecule has 112 valence electrons. The van der Waals surface area contributed by atoms with Crippen LogP contribution >= 0.6 is 0 Å². The van der Waals surface area contributed by atoms with Crippen molar-refractivity contribution in [1.29, 1.82) is 0 Å². The Hall–Kier alpha value is -1.06. The molecule has 0 heterocycles. The molecule has 0 aliphatic heterocycles. The zero-order valence-electron chi connectivity index (χ0n) is 12.7. The fraction of sp³-hybridized carbons (Fsp3) is 0.867. The molecule has 0 amide bonds. The molecule has 0 saturated carbocycles. The standard InChI is InChI=1S/C15H28O4/c1-5-9-11-14(19-15(17)18-8-4)12(10-6-2)13(16)7-3/h12,14H,5-11H2,1-4H3. The highest BCUT2D eigenvalue weighted by atomic mass is 16.7. The molecule has 2 atom stereocenters. The van der Waals surface area contributed by atoms with Gasteiger partial charge in [0.05, 0.1) is 12.5 Å². The minimum Gasteiger partial charge on any atom is -0.435 e. The van der Waals surface area contributed by atoms with E-state index in [1.54, 1.807) is 6.92 Å². The van der Waals surface area contributed by atoms with Crippen molar-refractivity contribution in [1.82, 2.24) is 0 Å². The summed E-state index contributed by atoms with van der Waals surface area (Å²) in [5, 5.41) is 0. The van der Waals surface area contributed by atoms with Gasteiger partial charge >= 0.3 is 6.16 Å². The topological polar surface area (TPSA) is 52.6 Å². The summed E-state index contributed by atoms with van der Waals surface area (Å²) in [6, 6.07) is 0. The van der Waals surface area contributed by atoms with E-state index in [9.17, 15) is 9.59 Å². The Morgan fingerprint density at radius 1 is 1.00 bits per heavy atom. The molecule has 0 rings (SSSR count). The van der Waals surface area contributed by atoms with E-state index in [1.165, 1.54) is 0 Å². The zero-order valence-corrected chi connectivity index (χ0v) is 12.7. The Morgan fingerprint density at radius 2 is 1.68 bits per heavy atom. The first kappa shape index (κ1) is 17.9. The molecular formula is C15H28O4. The number of Topliss-reactive ketones (excluding diaryl/α,β-unsaturated/α-hetero) is 1. The van der Waals surface area contributed by atoms with Crippen molar-refractivity contribution in [3.05, 3.63) is 0 Å². The van der Waals surface area contributed by atoms with Gasteiger partial charge in [-0.3, -0.25) is 4.79 Å². The van der Waals surface area contributed by atoms with Gasteiger partial charge in [-0.25, -0.2) is 4.79 Å². The van der Waals surface area contributed by atoms with E-state index in [2.05, 4.69) is 6.92 Å². The van der Waals surface area contributed by atoms with Gasteiger partial charge in [-0.15, -0.1) is 0 Å². The van der Waals surface area contributed by atoms with Crippen LogP contribution < -0.4 is 0 Å². The summed E-state index contributed by atoms with van der Waals surface area (Å²) in [7, 11) is 0. The fourth-order valence-electron chi connectivity index (χ4n) is 2.15. The molecule has 0 N–H and O–H groups in total. The third-order valence-corrected chi connectivity index (χ3v) is 3.16. The Kier molecular flexibility index (Phi) is 10.2. The normalized spacial score (nSPS) is 13.7. The molecule has 19 heavy (non-hydrogen) atoms. The van der Waals surface area contributed by atoms with E-state index in [1.807, 2.05) is 13.8 Å². The van der Waals surface area contributed by atoms with Crippen LogP contribution in [0.1, 0.15) is 66.2 Å². The Labute approximate surface area is 116 Å². The minimum absolute atomic E-state index is 0.173. The summed E-state index contributed by atoms with van der Waals surface area (Å²) < 4.78 is 10.2. The molecule has 4 heteroatoms. The van der Waals surface area contributed by atoms with E-state index >= 15 is 0 Å². The van der Waals surface area contributed by atoms with Crippen molar-refractivity contribution in [2.45, 2.75) is 72.3 Å². The average molecular weight is 272 g/mol. The highest BCUT2D eigenvalue weighted by Crippen LogP contribution is 2.22. The number of unbranched alkanes of at least 4 members (excludes halogenated alkanes) is 1. The Balaban J connectivity index is 4.73. The summed E-state index contributed by atoms with van der Waals surface area (Å²) in [6.45, 7) is 8.00. The van der Waals surface area contributed by atoms with Gasteiger partial charge in [-0.2, -0.15) is 0 Å². The van der Waals surface area contributed by atoms with Crippen molar-refractivity contribution in [2.24, 2.45) is 5.92 Å². The first-order chi connectivity index (χ1) is 9.10. The van der Waals surface area contributed by atoms with Crippen LogP contribution in [0.5, 0.6) is 0 Å². The van der Waals surface area contributed by atoms with Gasteiger partial charge in [-0.05, 0) is 19.8 Å². The maximum Gasteiger partial charge on any atom is 0.508 e. The first-order valence-corrected chi connectivity index (χ1v) is 7.46. The number of hydrogen-bond donors (Lipinski definition) is 0. The number of carbonyl (C=O) groups excluding carboxylic acids is 2. The highest BCUT2D eigenvalue weighted by Gasteiger charge is 2.29. The minimum atomic E-state index is -0.659. The molecule has 0 spiro atoms. The summed E-state index contributed by atoms with van der Waals surface area (Å²) in [4.78, 5) is 23.5. The van der Waals surface area contributed by atoms with E-state index < -0.39 is 6.16 Å². The lowest BCUT2D eigenvalue weighted by Crippen LogP contribution is -2.32. The monoisotopic (exact) mass is 272 g/mol. The van der Waals surface area contributed by atoms with Gasteiger partial charge < -0.3 is 9.47 Å². The summed E-state index contributed by atoms with van der Waals surface area (Å²) in [5.41, 5.74) is 0. The largest absolute Gasteiger partial charge is 0.508 e. The Bertz CT molecular complexity index is 263. The summed E-state index contributed by atoms with van der Waals surface area (Å²) >= 11 is 0. The van der Waals surface area contributed by atoms with Crippen LogP contribution in [-0.2, 0) is 14.3 Å². The predicted octanol–water partition coefficient (Wildman–Crippen LogP) is 4.11. The van der Waals surface area contributed by atoms with Crippen molar-refractivity contribution >= 4 is 11.9 Å². The van der Waals surface area contributed by atoms with Crippen LogP contribution in [0.3, 0.4) is 0 Å². The number of ether oxygens (including phenoxy) is 2. The van der Waals surface area contributed by atoms with Crippen LogP contribution in [0, 0.1) is 5.92 Å². The van der Waals surface area contributed by atoms with Gasteiger partial charge in [0.1, 0.15) is 11.9 Å². The SMILES string of the molecule is CCCCC(OC(=O)OCC)C(CCC)C(=O)CC. The van der Waals surface area contributed by atoms with E-state index in [-0.39, 0.29) is 17.8 Å². The van der Waals surface area contributed by atoms with Crippen molar-refractivity contribution < 1.29 is 19.1 Å². The van der Waals surface area contributed by atoms with Crippen LogP contribution in [-0.4, -0.2) is 24.6 Å². The maximum atomic E-state index is 12.0. The molecule has 0 aromatic rings. The van der Waals surface area contributed by atoms with Gasteiger partial charge in [0.2, 0.25) is 0 Å². The molecule has 2 unspecified atom stereocenters. The molecule has 0 aromatic carbocycles. The van der Waals surface area contributed by atoms with Gasteiger partial charge in [-0.1, -0.05) is 40.0 Å². The summed E-state index contributed by atoms with van der Waals surface area (Å²) in [6.07, 6.45) is 3.85. The molecule has 0 radical (unpaired) electrons. The molecular weight excluding hydrogens is 244 g/mol. The molecule has 0 aliphatic rings. The number of carbonyl (C=O) groups is 2. The van der Waals surface area contributed by atoms with Gasteiger partial charge in [0.15, 0.2) is 0 Å². The highest BCUT2D eigenvalue weighted by molar-refractivity contribution is 5.81. The van der Waals surface area contributed by atoms with E-state index in [0.29, 0.717) is 13.0 Å².